The average molecular weight is 465 g/mol. The maximum atomic E-state index is 6.77. The fraction of sp³-hybridized carbons (Fsp3) is 0.600. The second kappa shape index (κ2) is 10.5. The Kier molecular flexibility index (Phi) is 9.39. The van der Waals surface area contributed by atoms with Crippen LogP contribution in [-0.4, -0.2) is 36.0 Å². The van der Waals surface area contributed by atoms with Crippen molar-refractivity contribution >= 4 is 16.6 Å². The topological polar surface area (TPSA) is 36.9 Å². The van der Waals surface area contributed by atoms with Gasteiger partial charge >= 0.3 is 0 Å². The molecule has 0 radical (unpaired) electrons. The molecule has 1 aromatic rings. The standard InChI is InChI=1S/C25H44O4Si2/c1-13-22(28-30(9,10)24(2,3)4)23(29-31(11,12)25(5,6)7)18-19-27-21-16-14-20(26-8)15-17-21/h13-19,22-23H,1H2,2-12H3/b19-18-/t22-,23+/m0/s1. The van der Waals surface area contributed by atoms with Crippen LogP contribution in [0.5, 0.6) is 11.5 Å². The first-order valence-corrected chi connectivity index (χ1v) is 16.8. The lowest BCUT2D eigenvalue weighted by Crippen LogP contribution is -2.50. The summed E-state index contributed by atoms with van der Waals surface area (Å²) in [6.45, 7) is 26.5. The van der Waals surface area contributed by atoms with Gasteiger partial charge in [-0.1, -0.05) is 47.6 Å². The highest BCUT2D eigenvalue weighted by Gasteiger charge is 2.43. The molecule has 4 nitrogen and oxygen atoms in total. The summed E-state index contributed by atoms with van der Waals surface area (Å²) in [5, 5.41) is 0.178. The van der Waals surface area contributed by atoms with Crippen molar-refractivity contribution in [2.75, 3.05) is 7.11 Å². The summed E-state index contributed by atoms with van der Waals surface area (Å²) in [5.74, 6) is 1.54. The second-order valence-corrected chi connectivity index (χ2v) is 20.6. The van der Waals surface area contributed by atoms with E-state index in [2.05, 4.69) is 74.3 Å². The van der Waals surface area contributed by atoms with Crippen molar-refractivity contribution in [3.05, 3.63) is 49.3 Å². The highest BCUT2D eigenvalue weighted by molar-refractivity contribution is 6.74. The van der Waals surface area contributed by atoms with Crippen LogP contribution < -0.4 is 9.47 Å². The summed E-state index contributed by atoms with van der Waals surface area (Å²) in [7, 11) is -2.41. The quantitative estimate of drug-likeness (QED) is 0.203. The van der Waals surface area contributed by atoms with Crippen LogP contribution in [0.15, 0.2) is 49.3 Å². The van der Waals surface area contributed by atoms with E-state index < -0.39 is 16.6 Å². The molecule has 0 aliphatic carbocycles. The summed E-state index contributed by atoms with van der Waals surface area (Å²) in [5.41, 5.74) is 0. The Morgan fingerprint density at radius 2 is 1.19 bits per heavy atom. The molecule has 0 aliphatic rings. The smallest absolute Gasteiger partial charge is 0.193 e. The lowest BCUT2D eigenvalue weighted by molar-refractivity contribution is 0.0930. The fourth-order valence-corrected chi connectivity index (χ4v) is 4.86. The van der Waals surface area contributed by atoms with Crippen molar-refractivity contribution in [1.82, 2.24) is 0 Å². The van der Waals surface area contributed by atoms with Gasteiger partial charge in [-0.2, -0.15) is 0 Å². The van der Waals surface area contributed by atoms with Gasteiger partial charge in [-0.25, -0.2) is 0 Å². The molecule has 0 heterocycles. The maximum Gasteiger partial charge on any atom is 0.193 e. The van der Waals surface area contributed by atoms with E-state index in [0.717, 1.165) is 11.5 Å². The zero-order valence-corrected chi connectivity index (χ0v) is 23.5. The average Bonchev–Trinajstić information content (AvgIpc) is 2.64. The van der Waals surface area contributed by atoms with E-state index in [1.807, 2.05) is 36.4 Å². The molecular weight excluding hydrogens is 420 g/mol. The molecule has 0 fully saturated rings. The molecule has 1 aromatic carbocycles. The minimum atomic E-state index is -2.05. The van der Waals surface area contributed by atoms with E-state index in [1.54, 1.807) is 13.4 Å². The van der Waals surface area contributed by atoms with Crippen molar-refractivity contribution < 1.29 is 18.3 Å². The minimum absolute atomic E-state index is 0.0820. The molecule has 6 heteroatoms. The van der Waals surface area contributed by atoms with E-state index >= 15 is 0 Å². The molecule has 176 valence electrons. The molecule has 0 bridgehead atoms. The van der Waals surface area contributed by atoms with Crippen LogP contribution in [0, 0.1) is 0 Å². The van der Waals surface area contributed by atoms with Gasteiger partial charge in [0.1, 0.15) is 11.5 Å². The van der Waals surface area contributed by atoms with E-state index in [-0.39, 0.29) is 22.3 Å². The Labute approximate surface area is 192 Å². The van der Waals surface area contributed by atoms with Crippen molar-refractivity contribution in [3.8, 4) is 11.5 Å². The van der Waals surface area contributed by atoms with Crippen molar-refractivity contribution in [1.29, 1.82) is 0 Å². The molecule has 0 saturated heterocycles. The number of ether oxygens (including phenoxy) is 2. The van der Waals surface area contributed by atoms with Gasteiger partial charge in [0.15, 0.2) is 16.6 Å². The number of benzene rings is 1. The SMILES string of the molecule is C=C[C@H](O[Si](C)(C)C(C)(C)C)[C@@H](/C=C\Oc1ccc(OC)cc1)O[Si](C)(C)C(C)(C)C. The van der Waals surface area contributed by atoms with Crippen LogP contribution in [0.1, 0.15) is 41.5 Å². The number of hydrogen-bond acceptors (Lipinski definition) is 4. The molecule has 0 aromatic heterocycles. The summed E-state index contributed by atoms with van der Waals surface area (Å²) in [6, 6.07) is 7.51. The monoisotopic (exact) mass is 464 g/mol. The zero-order chi connectivity index (χ0) is 24.1. The van der Waals surface area contributed by atoms with Crippen molar-refractivity contribution in [2.45, 2.75) is 90.0 Å². The van der Waals surface area contributed by atoms with Crippen LogP contribution >= 0.6 is 0 Å². The van der Waals surface area contributed by atoms with E-state index in [9.17, 15) is 0 Å². The van der Waals surface area contributed by atoms with Crippen LogP contribution in [0.25, 0.3) is 0 Å². The van der Waals surface area contributed by atoms with Crippen LogP contribution in [0.2, 0.25) is 36.3 Å². The molecule has 0 spiro atoms. The fourth-order valence-electron chi connectivity index (χ4n) is 2.35. The van der Waals surface area contributed by atoms with Crippen LogP contribution in [0.3, 0.4) is 0 Å². The van der Waals surface area contributed by atoms with E-state index in [0.29, 0.717) is 0 Å². The van der Waals surface area contributed by atoms with Crippen molar-refractivity contribution in [2.24, 2.45) is 0 Å². The van der Waals surface area contributed by atoms with Crippen LogP contribution in [0.4, 0.5) is 0 Å². The predicted molar refractivity (Wildman–Crippen MR) is 137 cm³/mol. The Morgan fingerprint density at radius 1 is 0.774 bits per heavy atom. The molecule has 31 heavy (non-hydrogen) atoms. The summed E-state index contributed by atoms with van der Waals surface area (Å²) < 4.78 is 24.5. The summed E-state index contributed by atoms with van der Waals surface area (Å²) in [4.78, 5) is 0. The zero-order valence-electron chi connectivity index (χ0n) is 21.5. The van der Waals surface area contributed by atoms with Crippen LogP contribution in [-0.2, 0) is 8.85 Å². The van der Waals surface area contributed by atoms with Gasteiger partial charge in [0, 0.05) is 0 Å². The number of hydrogen-bond donors (Lipinski definition) is 0. The van der Waals surface area contributed by atoms with Gasteiger partial charge in [0.25, 0.3) is 0 Å². The third kappa shape index (κ3) is 7.93. The largest absolute Gasteiger partial charge is 0.497 e. The van der Waals surface area contributed by atoms with Crippen molar-refractivity contribution in [3.63, 3.8) is 0 Å². The van der Waals surface area contributed by atoms with Gasteiger partial charge < -0.3 is 18.3 Å². The Balaban J connectivity index is 3.15. The number of methoxy groups -OCH3 is 1. The Bertz CT molecular complexity index is 725. The normalized spacial score (nSPS) is 15.6. The van der Waals surface area contributed by atoms with E-state index in [4.69, 9.17) is 18.3 Å². The third-order valence-corrected chi connectivity index (χ3v) is 15.5. The Hall–Kier alpha value is -1.35. The first kappa shape index (κ1) is 27.7. The van der Waals surface area contributed by atoms with Gasteiger partial charge in [0.2, 0.25) is 0 Å². The Morgan fingerprint density at radius 3 is 1.58 bits per heavy atom. The molecule has 0 saturated carbocycles. The lowest BCUT2D eigenvalue weighted by Gasteiger charge is -2.43. The molecule has 0 aliphatic heterocycles. The molecular formula is C25H44O4Si2. The molecule has 2 atom stereocenters. The van der Waals surface area contributed by atoms with Gasteiger partial charge in [-0.3, -0.25) is 0 Å². The molecule has 1 rings (SSSR count). The van der Waals surface area contributed by atoms with E-state index in [1.165, 1.54) is 0 Å². The predicted octanol–water partition coefficient (Wildman–Crippen LogP) is 7.55. The minimum Gasteiger partial charge on any atom is -0.497 e. The highest BCUT2D eigenvalue weighted by atomic mass is 28.4. The summed E-state index contributed by atoms with van der Waals surface area (Å²) in [6.07, 6.45) is 5.02. The first-order valence-electron chi connectivity index (χ1n) is 11.0. The first-order chi connectivity index (χ1) is 14.0. The van der Waals surface area contributed by atoms with Gasteiger partial charge in [0.05, 0.1) is 25.6 Å². The maximum absolute atomic E-state index is 6.77. The molecule has 0 amide bonds. The lowest BCUT2D eigenvalue weighted by atomic mass is 10.2. The highest BCUT2D eigenvalue weighted by Crippen LogP contribution is 2.40. The second-order valence-electron chi connectivity index (χ2n) is 11.0. The van der Waals surface area contributed by atoms with Gasteiger partial charge in [-0.05, 0) is 66.6 Å². The molecule has 0 unspecified atom stereocenters. The third-order valence-electron chi connectivity index (χ3n) is 6.56. The summed E-state index contributed by atoms with van der Waals surface area (Å²) >= 11 is 0. The molecule has 0 N–H and O–H groups in total. The van der Waals surface area contributed by atoms with Gasteiger partial charge in [-0.15, -0.1) is 6.58 Å². The number of rotatable bonds is 10.